The van der Waals surface area contributed by atoms with Crippen LogP contribution < -0.4 is 0 Å². The number of carbonyl (C=O) groups is 2. The average Bonchev–Trinajstić information content (AvgIpc) is 3.18. The summed E-state index contributed by atoms with van der Waals surface area (Å²) in [5.41, 5.74) is 0.499. The highest BCUT2D eigenvalue weighted by Crippen LogP contribution is 2.40. The molecule has 0 saturated heterocycles. The predicted octanol–water partition coefficient (Wildman–Crippen LogP) is 4.05. The number of hydrogen-bond donors (Lipinski definition) is 0. The summed E-state index contributed by atoms with van der Waals surface area (Å²) < 4.78 is 5.51. The molecule has 2 amide bonds. The second-order valence-electron chi connectivity index (χ2n) is 5.78. The zero-order valence-corrected chi connectivity index (χ0v) is 15.7. The lowest BCUT2D eigenvalue weighted by Crippen LogP contribution is -2.35. The van der Waals surface area contributed by atoms with Crippen molar-refractivity contribution >= 4 is 40.5 Å². The fraction of sp³-hybridized carbons (Fsp3) is 0.263. The van der Waals surface area contributed by atoms with Crippen molar-refractivity contribution in [3.8, 4) is 0 Å². The van der Waals surface area contributed by atoms with E-state index in [1.165, 1.54) is 28.0 Å². The molecule has 0 atom stereocenters. The topological polar surface area (TPSA) is 46.6 Å². The van der Waals surface area contributed by atoms with Crippen LogP contribution in [-0.4, -0.2) is 36.0 Å². The Hall–Kier alpha value is -1.89. The number of hydrogen-bond acceptors (Lipinski definition) is 5. The minimum absolute atomic E-state index is 0.0655. The number of carbonyl (C=O) groups excluding carboxylic acids is 2. The number of nitrogens with zero attached hydrogens (tertiary/aromatic N) is 1. The van der Waals surface area contributed by atoms with Crippen LogP contribution in [0, 0.1) is 0 Å². The maximum atomic E-state index is 12.9. The fourth-order valence-electron chi connectivity index (χ4n) is 2.48. The van der Waals surface area contributed by atoms with E-state index in [9.17, 15) is 9.59 Å². The Morgan fingerprint density at radius 3 is 2.48 bits per heavy atom. The van der Waals surface area contributed by atoms with Crippen LogP contribution in [0.2, 0.25) is 0 Å². The van der Waals surface area contributed by atoms with Crippen LogP contribution in [0.1, 0.15) is 18.7 Å². The van der Waals surface area contributed by atoms with Crippen molar-refractivity contribution in [3.63, 3.8) is 0 Å². The van der Waals surface area contributed by atoms with Gasteiger partial charge in [0.25, 0.3) is 11.8 Å². The van der Waals surface area contributed by atoms with Crippen LogP contribution in [0.5, 0.6) is 0 Å². The zero-order chi connectivity index (χ0) is 17.8. The molecule has 0 spiro atoms. The molecular formula is C19H19NO3S2. The van der Waals surface area contributed by atoms with Crippen molar-refractivity contribution in [1.29, 1.82) is 0 Å². The number of rotatable bonds is 7. The lowest BCUT2D eigenvalue weighted by molar-refractivity contribution is -0.137. The second-order valence-corrected chi connectivity index (χ2v) is 7.81. The van der Waals surface area contributed by atoms with Crippen LogP contribution in [0.3, 0.4) is 0 Å². The number of ether oxygens (including phenoxy) is 1. The van der Waals surface area contributed by atoms with Gasteiger partial charge in [-0.25, -0.2) is 0 Å². The molecular weight excluding hydrogens is 354 g/mol. The Kier molecular flexibility index (Phi) is 5.73. The molecule has 1 aromatic heterocycles. The van der Waals surface area contributed by atoms with E-state index in [2.05, 4.69) is 0 Å². The van der Waals surface area contributed by atoms with E-state index in [0.29, 0.717) is 17.1 Å². The third-order valence-corrected chi connectivity index (χ3v) is 5.60. The monoisotopic (exact) mass is 373 g/mol. The van der Waals surface area contributed by atoms with E-state index >= 15 is 0 Å². The molecule has 130 valence electrons. The van der Waals surface area contributed by atoms with Gasteiger partial charge in [-0.2, -0.15) is 0 Å². The summed E-state index contributed by atoms with van der Waals surface area (Å²) in [7, 11) is 0. The first-order chi connectivity index (χ1) is 12.1. The molecule has 0 fully saturated rings. The Balaban J connectivity index is 1.89. The van der Waals surface area contributed by atoms with Crippen molar-refractivity contribution in [2.75, 3.05) is 13.2 Å². The van der Waals surface area contributed by atoms with E-state index in [1.807, 2.05) is 61.7 Å². The number of benzene rings is 1. The van der Waals surface area contributed by atoms with Crippen molar-refractivity contribution in [1.82, 2.24) is 4.90 Å². The molecule has 0 radical (unpaired) electrons. The Labute approximate surface area is 155 Å². The highest BCUT2D eigenvalue weighted by molar-refractivity contribution is 8.04. The van der Waals surface area contributed by atoms with Crippen LogP contribution >= 0.6 is 23.1 Å². The first-order valence-corrected chi connectivity index (χ1v) is 9.76. The highest BCUT2D eigenvalue weighted by atomic mass is 32.2. The molecule has 25 heavy (non-hydrogen) atoms. The minimum Gasteiger partial charge on any atom is -0.377 e. The maximum Gasteiger partial charge on any atom is 0.268 e. The van der Waals surface area contributed by atoms with Gasteiger partial charge in [-0.05, 0) is 37.4 Å². The van der Waals surface area contributed by atoms with Gasteiger partial charge in [0.15, 0.2) is 0 Å². The van der Waals surface area contributed by atoms with Crippen LogP contribution in [0.4, 0.5) is 0 Å². The smallest absolute Gasteiger partial charge is 0.268 e. The molecule has 0 aliphatic carbocycles. The van der Waals surface area contributed by atoms with Crippen molar-refractivity contribution < 1.29 is 14.3 Å². The quantitative estimate of drug-likeness (QED) is 0.687. The molecule has 3 rings (SSSR count). The zero-order valence-electron chi connectivity index (χ0n) is 14.1. The molecule has 1 aromatic carbocycles. The van der Waals surface area contributed by atoms with Crippen molar-refractivity contribution in [2.45, 2.75) is 24.8 Å². The summed E-state index contributed by atoms with van der Waals surface area (Å²) in [5.74, 6) is -0.479. The molecule has 0 bridgehead atoms. The number of thioether (sulfide) groups is 1. The Bertz CT molecular complexity index is 782. The lowest BCUT2D eigenvalue weighted by atomic mass is 10.2. The van der Waals surface area contributed by atoms with Gasteiger partial charge in [0.1, 0.15) is 0 Å². The van der Waals surface area contributed by atoms with Crippen LogP contribution in [0.25, 0.3) is 5.57 Å². The van der Waals surface area contributed by atoms with E-state index in [-0.39, 0.29) is 24.5 Å². The molecule has 6 heteroatoms. The van der Waals surface area contributed by atoms with Gasteiger partial charge < -0.3 is 4.74 Å². The second kappa shape index (κ2) is 7.99. The third kappa shape index (κ3) is 4.03. The Morgan fingerprint density at radius 2 is 1.84 bits per heavy atom. The molecule has 1 aliphatic heterocycles. The fourth-order valence-corrected chi connectivity index (χ4v) is 4.33. The van der Waals surface area contributed by atoms with Gasteiger partial charge >= 0.3 is 0 Å². The van der Waals surface area contributed by atoms with Gasteiger partial charge in [0.2, 0.25) is 0 Å². The number of imide groups is 1. The standard InChI is InChI=1S/C19H19NO3S2/c1-13(2)23-11-10-20-18(21)16(15-9-6-12-24-15)17(19(20)22)25-14-7-4-3-5-8-14/h3-9,12-13H,10-11H2,1-2H3. The van der Waals surface area contributed by atoms with E-state index in [1.54, 1.807) is 0 Å². The summed E-state index contributed by atoms with van der Waals surface area (Å²) >= 11 is 2.82. The van der Waals surface area contributed by atoms with Gasteiger partial charge in [0.05, 0.1) is 29.7 Å². The van der Waals surface area contributed by atoms with E-state index < -0.39 is 0 Å². The number of thiophene rings is 1. The SMILES string of the molecule is CC(C)OCCN1C(=O)C(Sc2ccccc2)=C(c2cccs2)C1=O. The minimum atomic E-state index is -0.241. The van der Waals surface area contributed by atoms with Crippen LogP contribution in [-0.2, 0) is 14.3 Å². The maximum absolute atomic E-state index is 12.9. The number of amides is 2. The van der Waals surface area contributed by atoms with Crippen molar-refractivity contribution in [3.05, 3.63) is 57.6 Å². The third-order valence-electron chi connectivity index (χ3n) is 3.62. The molecule has 0 N–H and O–H groups in total. The largest absolute Gasteiger partial charge is 0.377 e. The van der Waals surface area contributed by atoms with Gasteiger partial charge in [-0.1, -0.05) is 36.0 Å². The van der Waals surface area contributed by atoms with E-state index in [4.69, 9.17) is 4.74 Å². The van der Waals surface area contributed by atoms with Gasteiger partial charge in [-0.15, -0.1) is 11.3 Å². The average molecular weight is 373 g/mol. The highest BCUT2D eigenvalue weighted by Gasteiger charge is 2.39. The summed E-state index contributed by atoms with van der Waals surface area (Å²) in [5, 5.41) is 1.91. The molecule has 0 unspecified atom stereocenters. The van der Waals surface area contributed by atoms with Crippen LogP contribution in [0.15, 0.2) is 57.6 Å². The van der Waals surface area contributed by atoms with Gasteiger partial charge in [0, 0.05) is 9.77 Å². The molecule has 0 saturated carbocycles. The van der Waals surface area contributed by atoms with Crippen molar-refractivity contribution in [2.24, 2.45) is 0 Å². The normalized spacial score (nSPS) is 14.9. The first kappa shape index (κ1) is 17.9. The van der Waals surface area contributed by atoms with E-state index in [0.717, 1.165) is 9.77 Å². The summed E-state index contributed by atoms with van der Waals surface area (Å²) in [6.45, 7) is 4.47. The predicted molar refractivity (Wildman–Crippen MR) is 101 cm³/mol. The molecule has 2 aromatic rings. The molecule has 4 nitrogen and oxygen atoms in total. The molecule has 2 heterocycles. The van der Waals surface area contributed by atoms with Gasteiger partial charge in [-0.3, -0.25) is 14.5 Å². The molecule has 1 aliphatic rings. The summed E-state index contributed by atoms with van der Waals surface area (Å²) in [6.07, 6.45) is 0.0655. The lowest BCUT2D eigenvalue weighted by Gasteiger charge is -2.16. The Morgan fingerprint density at radius 1 is 1.08 bits per heavy atom. The first-order valence-electron chi connectivity index (χ1n) is 8.06. The summed E-state index contributed by atoms with van der Waals surface area (Å²) in [6, 6.07) is 13.4. The summed E-state index contributed by atoms with van der Waals surface area (Å²) in [4.78, 5) is 29.3.